The predicted molar refractivity (Wildman–Crippen MR) is 77.6 cm³/mol. The summed E-state index contributed by atoms with van der Waals surface area (Å²) in [5.74, 6) is -0.682. The molecule has 20 heavy (non-hydrogen) atoms. The van der Waals surface area contributed by atoms with Crippen LogP contribution in [0.15, 0.2) is 24.3 Å². The van der Waals surface area contributed by atoms with E-state index < -0.39 is 5.97 Å². The molecule has 1 fully saturated rings. The predicted octanol–water partition coefficient (Wildman–Crippen LogP) is 1.59. The van der Waals surface area contributed by atoms with Crippen LogP contribution >= 0.6 is 0 Å². The zero-order valence-electron chi connectivity index (χ0n) is 12.0. The van der Waals surface area contributed by atoms with E-state index in [4.69, 9.17) is 0 Å². The van der Waals surface area contributed by atoms with Crippen molar-refractivity contribution in [1.82, 2.24) is 9.80 Å². The molecular weight excluding hydrogens is 252 g/mol. The van der Waals surface area contributed by atoms with Gasteiger partial charge < -0.3 is 10.0 Å². The molecule has 1 atom stereocenters. The molecule has 108 valence electrons. The molecule has 2 aliphatic heterocycles. The summed E-state index contributed by atoms with van der Waals surface area (Å²) in [5, 5.41) is 9.56. The van der Waals surface area contributed by atoms with Crippen molar-refractivity contribution in [2.45, 2.75) is 37.9 Å². The van der Waals surface area contributed by atoms with Crippen molar-refractivity contribution >= 4 is 5.97 Å². The van der Waals surface area contributed by atoms with E-state index in [2.05, 4.69) is 29.0 Å². The second-order valence-electron chi connectivity index (χ2n) is 6.03. The fourth-order valence-corrected chi connectivity index (χ4v) is 3.48. The Balaban J connectivity index is 1.83. The standard InChI is InChI=1S/C16H22N2O2/c1-17-8-6-14(7-9-17)18-11-13-5-3-2-4-12(13)10-15(18)16(19)20/h2-5,14-15H,6-11H2,1H3,(H,19,20). The van der Waals surface area contributed by atoms with Crippen molar-refractivity contribution in [1.29, 1.82) is 0 Å². The molecule has 0 spiro atoms. The lowest BCUT2D eigenvalue weighted by atomic mass is 9.90. The first-order valence-corrected chi connectivity index (χ1v) is 7.39. The number of piperidine rings is 1. The molecule has 3 rings (SSSR count). The van der Waals surface area contributed by atoms with Gasteiger partial charge in [0.15, 0.2) is 0 Å². The lowest BCUT2D eigenvalue weighted by molar-refractivity contribution is -0.145. The van der Waals surface area contributed by atoms with E-state index >= 15 is 0 Å². The van der Waals surface area contributed by atoms with Gasteiger partial charge in [-0.15, -0.1) is 0 Å². The molecule has 1 N–H and O–H groups in total. The SMILES string of the molecule is CN1CCC(N2Cc3ccccc3CC2C(=O)O)CC1. The van der Waals surface area contributed by atoms with Crippen LogP contribution in [-0.4, -0.2) is 53.1 Å². The highest BCUT2D eigenvalue weighted by atomic mass is 16.4. The van der Waals surface area contributed by atoms with Crippen LogP contribution in [0, 0.1) is 0 Å². The first-order chi connectivity index (χ1) is 9.65. The minimum Gasteiger partial charge on any atom is -0.480 e. The van der Waals surface area contributed by atoms with E-state index in [0.29, 0.717) is 12.5 Å². The van der Waals surface area contributed by atoms with Crippen LogP contribution in [0.5, 0.6) is 0 Å². The van der Waals surface area contributed by atoms with E-state index in [1.54, 1.807) is 0 Å². The fourth-order valence-electron chi connectivity index (χ4n) is 3.48. The number of fused-ring (bicyclic) bond motifs is 1. The molecule has 4 nitrogen and oxygen atoms in total. The third kappa shape index (κ3) is 2.58. The number of nitrogens with zero attached hydrogens (tertiary/aromatic N) is 2. The number of rotatable bonds is 2. The van der Waals surface area contributed by atoms with E-state index in [-0.39, 0.29) is 6.04 Å². The zero-order chi connectivity index (χ0) is 14.1. The highest BCUT2D eigenvalue weighted by Crippen LogP contribution is 2.28. The third-order valence-electron chi connectivity index (χ3n) is 4.73. The van der Waals surface area contributed by atoms with Crippen molar-refractivity contribution in [2.24, 2.45) is 0 Å². The Hall–Kier alpha value is -1.39. The van der Waals surface area contributed by atoms with Crippen molar-refractivity contribution in [3.8, 4) is 0 Å². The highest BCUT2D eigenvalue weighted by Gasteiger charge is 2.36. The van der Waals surface area contributed by atoms with Crippen molar-refractivity contribution in [3.63, 3.8) is 0 Å². The van der Waals surface area contributed by atoms with Gasteiger partial charge in [0.05, 0.1) is 0 Å². The maximum Gasteiger partial charge on any atom is 0.321 e. The summed E-state index contributed by atoms with van der Waals surface area (Å²) in [4.78, 5) is 16.2. The van der Waals surface area contributed by atoms with Crippen molar-refractivity contribution < 1.29 is 9.90 Å². The Morgan fingerprint density at radius 3 is 2.50 bits per heavy atom. The maximum absolute atomic E-state index is 11.6. The minimum absolute atomic E-state index is 0.363. The lowest BCUT2D eigenvalue weighted by Gasteiger charge is -2.43. The van der Waals surface area contributed by atoms with Crippen LogP contribution in [0.3, 0.4) is 0 Å². The Bertz CT molecular complexity index is 495. The van der Waals surface area contributed by atoms with Gasteiger partial charge in [0.1, 0.15) is 6.04 Å². The van der Waals surface area contributed by atoms with Gasteiger partial charge in [-0.3, -0.25) is 9.69 Å². The van der Waals surface area contributed by atoms with Gasteiger partial charge in [-0.2, -0.15) is 0 Å². The first kappa shape index (κ1) is 13.6. The summed E-state index contributed by atoms with van der Waals surface area (Å²) in [6, 6.07) is 8.29. The molecule has 0 amide bonds. The van der Waals surface area contributed by atoms with E-state index in [0.717, 1.165) is 32.5 Å². The molecule has 1 aromatic carbocycles. The minimum atomic E-state index is -0.682. The van der Waals surface area contributed by atoms with Crippen molar-refractivity contribution in [2.75, 3.05) is 20.1 Å². The lowest BCUT2D eigenvalue weighted by Crippen LogP contribution is -2.53. The van der Waals surface area contributed by atoms with Gasteiger partial charge in [-0.25, -0.2) is 0 Å². The van der Waals surface area contributed by atoms with Crippen LogP contribution in [0.1, 0.15) is 24.0 Å². The molecule has 0 aromatic heterocycles. The number of benzene rings is 1. The Morgan fingerprint density at radius 2 is 1.85 bits per heavy atom. The molecule has 0 bridgehead atoms. The summed E-state index contributed by atoms with van der Waals surface area (Å²) in [5.41, 5.74) is 2.49. The number of likely N-dealkylation sites (tertiary alicyclic amines) is 1. The number of carbonyl (C=O) groups is 1. The highest BCUT2D eigenvalue weighted by molar-refractivity contribution is 5.74. The number of hydrogen-bond acceptors (Lipinski definition) is 3. The normalized spacial score (nSPS) is 25.4. The smallest absolute Gasteiger partial charge is 0.321 e. The van der Waals surface area contributed by atoms with E-state index in [1.165, 1.54) is 11.1 Å². The third-order valence-corrected chi connectivity index (χ3v) is 4.73. The molecule has 0 saturated carbocycles. The second-order valence-corrected chi connectivity index (χ2v) is 6.03. The van der Waals surface area contributed by atoms with Gasteiger partial charge in [0.25, 0.3) is 0 Å². The van der Waals surface area contributed by atoms with Gasteiger partial charge in [-0.1, -0.05) is 24.3 Å². The summed E-state index contributed by atoms with van der Waals surface area (Å²) >= 11 is 0. The summed E-state index contributed by atoms with van der Waals surface area (Å²) in [7, 11) is 2.14. The van der Waals surface area contributed by atoms with Gasteiger partial charge in [0, 0.05) is 12.6 Å². The van der Waals surface area contributed by atoms with Crippen molar-refractivity contribution in [3.05, 3.63) is 35.4 Å². The molecule has 1 aromatic rings. The number of carboxylic acids is 1. The van der Waals surface area contributed by atoms with Gasteiger partial charge in [0.2, 0.25) is 0 Å². The van der Waals surface area contributed by atoms with Crippen LogP contribution in [0.4, 0.5) is 0 Å². The molecule has 0 aliphatic carbocycles. The topological polar surface area (TPSA) is 43.8 Å². The van der Waals surface area contributed by atoms with Crippen LogP contribution in [0.25, 0.3) is 0 Å². The fraction of sp³-hybridized carbons (Fsp3) is 0.562. The Morgan fingerprint density at radius 1 is 1.20 bits per heavy atom. The molecule has 2 heterocycles. The second kappa shape index (κ2) is 5.54. The molecule has 0 radical (unpaired) electrons. The first-order valence-electron chi connectivity index (χ1n) is 7.39. The number of aliphatic carboxylic acids is 1. The maximum atomic E-state index is 11.6. The Labute approximate surface area is 120 Å². The number of hydrogen-bond donors (Lipinski definition) is 1. The largest absolute Gasteiger partial charge is 0.480 e. The average molecular weight is 274 g/mol. The zero-order valence-corrected chi connectivity index (χ0v) is 12.0. The Kier molecular flexibility index (Phi) is 3.76. The quantitative estimate of drug-likeness (QED) is 0.889. The molecular formula is C16H22N2O2. The molecule has 1 saturated heterocycles. The molecule has 2 aliphatic rings. The summed E-state index contributed by atoms with van der Waals surface area (Å²) in [6.07, 6.45) is 2.78. The van der Waals surface area contributed by atoms with E-state index in [9.17, 15) is 9.90 Å². The van der Waals surface area contributed by atoms with Crippen LogP contribution < -0.4 is 0 Å². The van der Waals surface area contributed by atoms with Crippen LogP contribution in [-0.2, 0) is 17.8 Å². The van der Waals surface area contributed by atoms with Crippen LogP contribution in [0.2, 0.25) is 0 Å². The number of carboxylic acid groups (broad SMARTS) is 1. The summed E-state index contributed by atoms with van der Waals surface area (Å²) in [6.45, 7) is 2.91. The summed E-state index contributed by atoms with van der Waals surface area (Å²) < 4.78 is 0. The average Bonchev–Trinajstić information content (AvgIpc) is 2.46. The molecule has 1 unspecified atom stereocenters. The van der Waals surface area contributed by atoms with Gasteiger partial charge in [-0.05, 0) is 50.5 Å². The molecule has 4 heteroatoms. The monoisotopic (exact) mass is 274 g/mol. The van der Waals surface area contributed by atoms with Gasteiger partial charge >= 0.3 is 5.97 Å². The van der Waals surface area contributed by atoms with E-state index in [1.807, 2.05) is 12.1 Å².